The van der Waals surface area contributed by atoms with Gasteiger partial charge >= 0.3 is 5.97 Å². The molecule has 0 saturated heterocycles. The molecule has 1 N–H and O–H groups in total. The van der Waals surface area contributed by atoms with Gasteiger partial charge in [0.1, 0.15) is 5.56 Å². The number of benzene rings is 1. The molecular weight excluding hydrogens is 330 g/mol. The van der Waals surface area contributed by atoms with Crippen LogP contribution < -0.4 is 0 Å². The third-order valence-corrected chi connectivity index (χ3v) is 3.05. The molecule has 20 heavy (non-hydrogen) atoms. The Morgan fingerprint density at radius 1 is 1.55 bits per heavy atom. The molecule has 0 amide bonds. The predicted molar refractivity (Wildman–Crippen MR) is 74.3 cm³/mol. The summed E-state index contributed by atoms with van der Waals surface area (Å²) in [7, 11) is 0. The number of H-pyrrole nitrogens is 1. The molecule has 1 aromatic carbocycles. The second-order valence-corrected chi connectivity index (χ2v) is 4.71. The average molecular weight is 340 g/mol. The lowest BCUT2D eigenvalue weighted by atomic mass is 10.1. The fourth-order valence-electron chi connectivity index (χ4n) is 1.72. The van der Waals surface area contributed by atoms with Crippen LogP contribution in [0.25, 0.3) is 11.3 Å². The molecule has 0 unspecified atom stereocenters. The molecule has 0 aliphatic carbocycles. The molecule has 0 fully saturated rings. The molecule has 2 aromatic rings. The highest BCUT2D eigenvalue weighted by Crippen LogP contribution is 2.33. The fourth-order valence-corrected chi connectivity index (χ4v) is 2.07. The second kappa shape index (κ2) is 5.83. The Morgan fingerprint density at radius 3 is 2.95 bits per heavy atom. The minimum atomic E-state index is -0.575. The Balaban J connectivity index is 2.55. The molecular formula is C12H10BrN3O4. The van der Waals surface area contributed by atoms with Gasteiger partial charge in [0.15, 0.2) is 0 Å². The van der Waals surface area contributed by atoms with Gasteiger partial charge in [-0.15, -0.1) is 0 Å². The van der Waals surface area contributed by atoms with Crippen LogP contribution in [-0.4, -0.2) is 27.7 Å². The maximum atomic E-state index is 11.8. The summed E-state index contributed by atoms with van der Waals surface area (Å²) in [5.74, 6) is -0.575. The van der Waals surface area contributed by atoms with E-state index in [0.29, 0.717) is 4.47 Å². The van der Waals surface area contributed by atoms with Crippen molar-refractivity contribution < 1.29 is 14.5 Å². The van der Waals surface area contributed by atoms with Gasteiger partial charge in [0.25, 0.3) is 5.69 Å². The number of hydrogen-bond acceptors (Lipinski definition) is 5. The van der Waals surface area contributed by atoms with Crippen molar-refractivity contribution in [2.45, 2.75) is 6.92 Å². The van der Waals surface area contributed by atoms with Crippen molar-refractivity contribution in [1.29, 1.82) is 0 Å². The predicted octanol–water partition coefficient (Wildman–Crippen LogP) is 2.92. The number of hydrogen-bond donors (Lipinski definition) is 1. The van der Waals surface area contributed by atoms with E-state index in [-0.39, 0.29) is 29.1 Å². The van der Waals surface area contributed by atoms with Gasteiger partial charge in [-0.25, -0.2) is 4.79 Å². The number of nitrogens with zero attached hydrogens (tertiary/aromatic N) is 2. The summed E-state index contributed by atoms with van der Waals surface area (Å²) in [4.78, 5) is 22.4. The zero-order valence-electron chi connectivity index (χ0n) is 10.4. The molecule has 2 rings (SSSR count). The lowest BCUT2D eigenvalue weighted by molar-refractivity contribution is -0.384. The number of ether oxygens (including phenoxy) is 1. The van der Waals surface area contributed by atoms with E-state index in [2.05, 4.69) is 26.1 Å². The minimum Gasteiger partial charge on any atom is -0.462 e. The first-order chi connectivity index (χ1) is 9.54. The summed E-state index contributed by atoms with van der Waals surface area (Å²) in [6, 6.07) is 4.56. The number of esters is 1. The van der Waals surface area contributed by atoms with E-state index in [9.17, 15) is 14.9 Å². The molecule has 0 aliphatic heterocycles. The number of halogens is 1. The van der Waals surface area contributed by atoms with Gasteiger partial charge in [0.05, 0.1) is 29.0 Å². The number of carbonyl (C=O) groups is 1. The Hall–Kier alpha value is -2.22. The summed E-state index contributed by atoms with van der Waals surface area (Å²) in [5.41, 5.74) is 0.577. The normalized spacial score (nSPS) is 10.3. The fraction of sp³-hybridized carbons (Fsp3) is 0.167. The van der Waals surface area contributed by atoms with Crippen LogP contribution in [0.3, 0.4) is 0 Å². The molecule has 0 atom stereocenters. The quantitative estimate of drug-likeness (QED) is 0.524. The van der Waals surface area contributed by atoms with Crippen molar-refractivity contribution in [2.75, 3.05) is 6.61 Å². The number of nitrogens with one attached hydrogen (secondary N) is 1. The molecule has 7 nitrogen and oxygen atoms in total. The van der Waals surface area contributed by atoms with Crippen LogP contribution in [-0.2, 0) is 4.74 Å². The molecule has 104 valence electrons. The highest BCUT2D eigenvalue weighted by atomic mass is 79.9. The molecule has 0 aliphatic rings. The van der Waals surface area contributed by atoms with Gasteiger partial charge in [0.2, 0.25) is 0 Å². The van der Waals surface area contributed by atoms with E-state index >= 15 is 0 Å². The number of nitro benzene ring substituents is 1. The van der Waals surface area contributed by atoms with Crippen molar-refractivity contribution in [2.24, 2.45) is 0 Å². The first-order valence-corrected chi connectivity index (χ1v) is 6.48. The van der Waals surface area contributed by atoms with Crippen molar-refractivity contribution in [3.8, 4) is 11.3 Å². The number of nitro groups is 1. The Morgan fingerprint density at radius 2 is 2.30 bits per heavy atom. The summed E-state index contributed by atoms with van der Waals surface area (Å²) in [6.07, 6.45) is 1.29. The highest BCUT2D eigenvalue weighted by Gasteiger charge is 2.23. The second-order valence-electron chi connectivity index (χ2n) is 3.80. The SMILES string of the molecule is CCOC(=O)c1cn[nH]c1-c1ccc(Br)cc1[N+](=O)[O-]. The molecule has 0 spiro atoms. The first-order valence-electron chi connectivity index (χ1n) is 5.69. The number of carbonyl (C=O) groups excluding carboxylic acids is 1. The highest BCUT2D eigenvalue weighted by molar-refractivity contribution is 9.10. The summed E-state index contributed by atoms with van der Waals surface area (Å²) >= 11 is 3.18. The topological polar surface area (TPSA) is 98.1 Å². The number of aromatic nitrogens is 2. The lowest BCUT2D eigenvalue weighted by Gasteiger charge is -2.04. The van der Waals surface area contributed by atoms with Gasteiger partial charge < -0.3 is 4.74 Å². The molecule has 0 bridgehead atoms. The summed E-state index contributed by atoms with van der Waals surface area (Å²) < 4.78 is 5.47. The Bertz CT molecular complexity index is 668. The molecule has 0 saturated carbocycles. The molecule has 8 heteroatoms. The van der Waals surface area contributed by atoms with Gasteiger partial charge in [-0.2, -0.15) is 5.10 Å². The maximum Gasteiger partial charge on any atom is 0.341 e. The van der Waals surface area contributed by atoms with E-state index in [1.165, 1.54) is 12.3 Å². The van der Waals surface area contributed by atoms with E-state index in [0.717, 1.165) is 0 Å². The van der Waals surface area contributed by atoms with Crippen LogP contribution in [0.4, 0.5) is 5.69 Å². The monoisotopic (exact) mass is 339 g/mol. The van der Waals surface area contributed by atoms with Gasteiger partial charge in [-0.05, 0) is 19.1 Å². The lowest BCUT2D eigenvalue weighted by Crippen LogP contribution is -2.05. The van der Waals surface area contributed by atoms with Crippen molar-refractivity contribution >= 4 is 27.6 Å². The molecule has 1 aromatic heterocycles. The van der Waals surface area contributed by atoms with Crippen LogP contribution in [0, 0.1) is 10.1 Å². The van der Waals surface area contributed by atoms with E-state index in [1.807, 2.05) is 0 Å². The average Bonchev–Trinajstić information content (AvgIpc) is 2.88. The number of aromatic amines is 1. The van der Waals surface area contributed by atoms with Crippen LogP contribution in [0.15, 0.2) is 28.9 Å². The first kappa shape index (κ1) is 14.2. The standard InChI is InChI=1S/C12H10BrN3O4/c1-2-20-12(17)9-6-14-15-11(9)8-4-3-7(13)5-10(8)16(18)19/h3-6H,2H2,1H3,(H,14,15). The third kappa shape index (κ3) is 2.69. The summed E-state index contributed by atoms with van der Waals surface area (Å²) in [6.45, 7) is 1.89. The minimum absolute atomic E-state index is 0.130. The smallest absolute Gasteiger partial charge is 0.341 e. The maximum absolute atomic E-state index is 11.8. The zero-order valence-corrected chi connectivity index (χ0v) is 12.0. The van der Waals surface area contributed by atoms with Crippen molar-refractivity contribution in [3.63, 3.8) is 0 Å². The molecule has 1 heterocycles. The van der Waals surface area contributed by atoms with E-state index < -0.39 is 10.9 Å². The van der Waals surface area contributed by atoms with E-state index in [4.69, 9.17) is 4.74 Å². The summed E-state index contributed by atoms with van der Waals surface area (Å²) in [5, 5.41) is 17.5. The van der Waals surface area contributed by atoms with Gasteiger partial charge in [-0.3, -0.25) is 15.2 Å². The van der Waals surface area contributed by atoms with Gasteiger partial charge in [-0.1, -0.05) is 15.9 Å². The van der Waals surface area contributed by atoms with Crippen LogP contribution in [0.5, 0.6) is 0 Å². The van der Waals surface area contributed by atoms with Gasteiger partial charge in [0, 0.05) is 10.5 Å². The van der Waals surface area contributed by atoms with Crippen LogP contribution in [0.2, 0.25) is 0 Å². The van der Waals surface area contributed by atoms with Crippen LogP contribution in [0.1, 0.15) is 17.3 Å². The largest absolute Gasteiger partial charge is 0.462 e. The van der Waals surface area contributed by atoms with Crippen LogP contribution >= 0.6 is 15.9 Å². The Labute approximate surface area is 122 Å². The van der Waals surface area contributed by atoms with E-state index in [1.54, 1.807) is 19.1 Å². The van der Waals surface area contributed by atoms with Crippen molar-refractivity contribution in [3.05, 3.63) is 44.5 Å². The number of rotatable bonds is 4. The Kier molecular flexibility index (Phi) is 4.14. The zero-order chi connectivity index (χ0) is 14.7. The van der Waals surface area contributed by atoms with Crippen molar-refractivity contribution in [1.82, 2.24) is 10.2 Å². The molecule has 0 radical (unpaired) electrons. The third-order valence-electron chi connectivity index (χ3n) is 2.56.